The molecule has 126 valence electrons. The zero-order chi connectivity index (χ0) is 17.2. The van der Waals surface area contributed by atoms with Gasteiger partial charge in [0.2, 0.25) is 0 Å². The molecule has 1 atom stereocenters. The standard InChI is InChI=1S/C20H28O3/c1-6-8-18(17-11-9-16(14-21)10-12-17)13-19(23-7-2)20(22-5)15(3)4/h8-15,20H,6-7H2,1-5H3/b18-8+,19-13+. The average molecular weight is 316 g/mol. The van der Waals surface area contributed by atoms with E-state index in [1.807, 2.05) is 31.2 Å². The first-order chi connectivity index (χ1) is 11.1. The van der Waals surface area contributed by atoms with Gasteiger partial charge in [0.15, 0.2) is 0 Å². The SMILES string of the molecule is CC/C=C(\C=C(\OCC)C(OC)C(C)C)c1ccc(C=O)cc1. The summed E-state index contributed by atoms with van der Waals surface area (Å²) in [7, 11) is 1.71. The van der Waals surface area contributed by atoms with Gasteiger partial charge in [-0.15, -0.1) is 0 Å². The maximum absolute atomic E-state index is 10.8. The number of hydrogen-bond donors (Lipinski definition) is 0. The van der Waals surface area contributed by atoms with Crippen molar-refractivity contribution in [3.63, 3.8) is 0 Å². The van der Waals surface area contributed by atoms with Crippen molar-refractivity contribution in [2.75, 3.05) is 13.7 Å². The third kappa shape index (κ3) is 5.68. The van der Waals surface area contributed by atoms with Crippen LogP contribution in [-0.4, -0.2) is 26.1 Å². The van der Waals surface area contributed by atoms with Crippen LogP contribution in [-0.2, 0) is 9.47 Å². The van der Waals surface area contributed by atoms with Crippen molar-refractivity contribution >= 4 is 11.9 Å². The van der Waals surface area contributed by atoms with Crippen molar-refractivity contribution in [2.24, 2.45) is 5.92 Å². The van der Waals surface area contributed by atoms with Gasteiger partial charge in [0.05, 0.1) is 6.61 Å². The number of rotatable bonds is 9. The fraction of sp³-hybridized carbons (Fsp3) is 0.450. The summed E-state index contributed by atoms with van der Waals surface area (Å²) in [5, 5.41) is 0. The van der Waals surface area contributed by atoms with Crippen molar-refractivity contribution < 1.29 is 14.3 Å². The second-order valence-electron chi connectivity index (χ2n) is 5.69. The highest BCUT2D eigenvalue weighted by Gasteiger charge is 2.19. The average Bonchev–Trinajstić information content (AvgIpc) is 2.55. The van der Waals surface area contributed by atoms with Gasteiger partial charge >= 0.3 is 0 Å². The molecule has 3 heteroatoms. The lowest BCUT2D eigenvalue weighted by molar-refractivity contribution is 0.0382. The second-order valence-corrected chi connectivity index (χ2v) is 5.69. The number of benzene rings is 1. The normalized spacial score (nSPS) is 14.0. The molecular formula is C20H28O3. The number of ether oxygens (including phenoxy) is 2. The first-order valence-corrected chi connectivity index (χ1v) is 8.20. The third-order valence-corrected chi connectivity index (χ3v) is 3.55. The van der Waals surface area contributed by atoms with Crippen LogP contribution in [0.2, 0.25) is 0 Å². The Kier molecular flexibility index (Phi) is 8.35. The summed E-state index contributed by atoms with van der Waals surface area (Å²) < 4.78 is 11.4. The van der Waals surface area contributed by atoms with E-state index < -0.39 is 0 Å². The molecule has 3 nitrogen and oxygen atoms in total. The number of hydrogen-bond acceptors (Lipinski definition) is 3. The van der Waals surface area contributed by atoms with E-state index in [4.69, 9.17) is 9.47 Å². The minimum atomic E-state index is -0.0792. The van der Waals surface area contributed by atoms with Gasteiger partial charge in [0.1, 0.15) is 18.1 Å². The van der Waals surface area contributed by atoms with Crippen LogP contribution in [0.15, 0.2) is 42.2 Å². The highest BCUT2D eigenvalue weighted by Crippen LogP contribution is 2.24. The van der Waals surface area contributed by atoms with Crippen molar-refractivity contribution in [2.45, 2.75) is 40.2 Å². The molecule has 0 saturated carbocycles. The smallest absolute Gasteiger partial charge is 0.150 e. The van der Waals surface area contributed by atoms with Crippen molar-refractivity contribution in [3.8, 4) is 0 Å². The highest BCUT2D eigenvalue weighted by molar-refractivity contribution is 5.79. The molecule has 0 aliphatic carbocycles. The molecule has 1 aromatic rings. The molecule has 1 rings (SSSR count). The molecule has 0 heterocycles. The van der Waals surface area contributed by atoms with E-state index in [9.17, 15) is 4.79 Å². The van der Waals surface area contributed by atoms with Crippen LogP contribution >= 0.6 is 0 Å². The summed E-state index contributed by atoms with van der Waals surface area (Å²) in [4.78, 5) is 10.8. The van der Waals surface area contributed by atoms with Crippen LogP contribution in [0.4, 0.5) is 0 Å². The van der Waals surface area contributed by atoms with E-state index in [1.54, 1.807) is 7.11 Å². The molecule has 0 radical (unpaired) electrons. The Morgan fingerprint density at radius 2 is 1.83 bits per heavy atom. The predicted octanol–water partition coefficient (Wildman–Crippen LogP) is 4.88. The zero-order valence-corrected chi connectivity index (χ0v) is 14.8. The molecule has 0 aromatic heterocycles. The Morgan fingerprint density at radius 3 is 2.26 bits per heavy atom. The summed E-state index contributed by atoms with van der Waals surface area (Å²) in [6, 6.07) is 7.58. The summed E-state index contributed by atoms with van der Waals surface area (Å²) in [6.45, 7) is 8.90. The Bertz CT molecular complexity index is 539. The van der Waals surface area contributed by atoms with Crippen molar-refractivity contribution in [3.05, 3.63) is 53.3 Å². The molecular weight excluding hydrogens is 288 g/mol. The van der Waals surface area contributed by atoms with Crippen LogP contribution in [0.3, 0.4) is 0 Å². The van der Waals surface area contributed by atoms with Gasteiger partial charge in [-0.3, -0.25) is 4.79 Å². The largest absolute Gasteiger partial charge is 0.495 e. The minimum Gasteiger partial charge on any atom is -0.495 e. The summed E-state index contributed by atoms with van der Waals surface area (Å²) in [6.07, 6.45) is 5.90. The fourth-order valence-corrected chi connectivity index (χ4v) is 2.48. The van der Waals surface area contributed by atoms with Crippen molar-refractivity contribution in [1.29, 1.82) is 0 Å². The number of methoxy groups -OCH3 is 1. The molecule has 23 heavy (non-hydrogen) atoms. The lowest BCUT2D eigenvalue weighted by atomic mass is 9.99. The number of aldehydes is 1. The quantitative estimate of drug-likeness (QED) is 0.370. The predicted molar refractivity (Wildman–Crippen MR) is 95.4 cm³/mol. The molecule has 0 saturated heterocycles. The fourth-order valence-electron chi connectivity index (χ4n) is 2.48. The van der Waals surface area contributed by atoms with Crippen molar-refractivity contribution in [1.82, 2.24) is 0 Å². The Hall–Kier alpha value is -1.87. The maximum Gasteiger partial charge on any atom is 0.150 e. The van der Waals surface area contributed by atoms with Gasteiger partial charge in [-0.05, 0) is 36.5 Å². The molecule has 0 fully saturated rings. The lowest BCUT2D eigenvalue weighted by Gasteiger charge is -2.23. The van der Waals surface area contributed by atoms with Gasteiger partial charge in [-0.2, -0.15) is 0 Å². The summed E-state index contributed by atoms with van der Waals surface area (Å²) in [5.41, 5.74) is 2.82. The van der Waals surface area contributed by atoms with Crippen LogP contribution < -0.4 is 0 Å². The van der Waals surface area contributed by atoms with Crippen LogP contribution in [0.25, 0.3) is 5.57 Å². The van der Waals surface area contributed by atoms with E-state index in [1.165, 1.54) is 0 Å². The first-order valence-electron chi connectivity index (χ1n) is 8.20. The Morgan fingerprint density at radius 1 is 1.17 bits per heavy atom. The van der Waals surface area contributed by atoms with Crippen LogP contribution in [0.1, 0.15) is 50.0 Å². The third-order valence-electron chi connectivity index (χ3n) is 3.55. The van der Waals surface area contributed by atoms with Gasteiger partial charge in [-0.1, -0.05) is 51.1 Å². The van der Waals surface area contributed by atoms with Gasteiger partial charge in [0, 0.05) is 12.7 Å². The molecule has 0 N–H and O–H groups in total. The number of carbonyl (C=O) groups excluding carboxylic acids is 1. The summed E-state index contributed by atoms with van der Waals surface area (Å²) >= 11 is 0. The number of carbonyl (C=O) groups is 1. The van der Waals surface area contributed by atoms with Gasteiger partial charge in [-0.25, -0.2) is 0 Å². The monoisotopic (exact) mass is 316 g/mol. The van der Waals surface area contributed by atoms with E-state index >= 15 is 0 Å². The molecule has 0 bridgehead atoms. The van der Waals surface area contributed by atoms with E-state index in [-0.39, 0.29) is 6.10 Å². The zero-order valence-electron chi connectivity index (χ0n) is 14.8. The lowest BCUT2D eigenvalue weighted by Crippen LogP contribution is -2.22. The van der Waals surface area contributed by atoms with E-state index in [0.29, 0.717) is 18.1 Å². The van der Waals surface area contributed by atoms with Crippen LogP contribution in [0, 0.1) is 5.92 Å². The molecule has 0 spiro atoms. The first kappa shape index (κ1) is 19.2. The van der Waals surface area contributed by atoms with E-state index in [2.05, 4.69) is 32.9 Å². The highest BCUT2D eigenvalue weighted by atomic mass is 16.5. The summed E-state index contributed by atoms with van der Waals surface area (Å²) in [5.74, 6) is 1.15. The molecule has 1 aromatic carbocycles. The van der Waals surface area contributed by atoms with E-state index in [0.717, 1.165) is 29.6 Å². The molecule has 0 aliphatic rings. The van der Waals surface area contributed by atoms with Gasteiger partial charge < -0.3 is 9.47 Å². The molecule has 0 aliphatic heterocycles. The molecule has 1 unspecified atom stereocenters. The minimum absolute atomic E-state index is 0.0792. The number of allylic oxidation sites excluding steroid dienone is 3. The van der Waals surface area contributed by atoms with Gasteiger partial charge in [0.25, 0.3) is 0 Å². The topological polar surface area (TPSA) is 35.5 Å². The van der Waals surface area contributed by atoms with Crippen LogP contribution in [0.5, 0.6) is 0 Å². The Labute approximate surface area is 140 Å². The maximum atomic E-state index is 10.8. The molecule has 0 amide bonds. The Balaban J connectivity index is 3.23. The second kappa shape index (κ2) is 10.0.